The summed E-state index contributed by atoms with van der Waals surface area (Å²) < 4.78 is 13.3. The van der Waals surface area contributed by atoms with Crippen LogP contribution in [0.25, 0.3) is 11.1 Å². The van der Waals surface area contributed by atoms with E-state index in [9.17, 15) is 19.8 Å². The molecule has 2 aliphatic heterocycles. The number of aliphatic carboxylic acids is 1. The molecule has 4 aromatic rings. The zero-order valence-electron chi connectivity index (χ0n) is 30.0. The Morgan fingerprint density at radius 2 is 1.51 bits per heavy atom. The van der Waals surface area contributed by atoms with Gasteiger partial charge in [0.15, 0.2) is 6.29 Å². The molecule has 6 rings (SSSR count). The first-order valence-corrected chi connectivity index (χ1v) is 18.9. The van der Waals surface area contributed by atoms with E-state index in [0.29, 0.717) is 63.1 Å². The van der Waals surface area contributed by atoms with Gasteiger partial charge >= 0.3 is 5.97 Å². The van der Waals surface area contributed by atoms with Gasteiger partial charge in [-0.25, -0.2) is 0 Å². The van der Waals surface area contributed by atoms with Crippen LogP contribution in [0.3, 0.4) is 0 Å². The SMILES string of the molecule is O=C(O)CCCCCC(=O)NCc1ccccc1-c1ccc([C@@H]2O[C@H](CN3CCC(O)(c4ccc(Cl)cc4)CC3)C[C@H](c3ccc(CO)cc3)O2)cc1. The van der Waals surface area contributed by atoms with E-state index in [4.69, 9.17) is 26.2 Å². The van der Waals surface area contributed by atoms with Crippen LogP contribution in [-0.4, -0.2) is 57.8 Å². The number of unbranched alkanes of at least 4 members (excludes halogenated alkanes) is 2. The maximum atomic E-state index is 12.5. The average molecular weight is 741 g/mol. The lowest BCUT2D eigenvalue weighted by molar-refractivity contribution is -0.253. The number of nitrogens with one attached hydrogen (secondary N) is 1. The molecule has 0 bridgehead atoms. The number of nitrogens with zero attached hydrogens (tertiary/aromatic N) is 1. The van der Waals surface area contributed by atoms with E-state index in [1.165, 1.54) is 0 Å². The van der Waals surface area contributed by atoms with E-state index in [-0.39, 0.29) is 31.1 Å². The molecule has 10 heteroatoms. The van der Waals surface area contributed by atoms with Crippen LogP contribution in [0.2, 0.25) is 5.02 Å². The molecular formula is C43H49ClN2O7. The Morgan fingerprint density at radius 3 is 2.21 bits per heavy atom. The molecule has 0 unspecified atom stereocenters. The molecule has 0 saturated carbocycles. The van der Waals surface area contributed by atoms with Crippen molar-refractivity contribution in [2.24, 2.45) is 0 Å². The van der Waals surface area contributed by atoms with Gasteiger partial charge in [0.05, 0.1) is 24.4 Å². The van der Waals surface area contributed by atoms with Crippen LogP contribution in [0.5, 0.6) is 0 Å². The van der Waals surface area contributed by atoms with Gasteiger partial charge in [-0.2, -0.15) is 0 Å². The largest absolute Gasteiger partial charge is 0.481 e. The summed E-state index contributed by atoms with van der Waals surface area (Å²) in [5.74, 6) is -0.856. The van der Waals surface area contributed by atoms with Gasteiger partial charge in [-0.3, -0.25) is 9.59 Å². The molecule has 3 atom stereocenters. The molecule has 0 aliphatic carbocycles. The fourth-order valence-corrected chi connectivity index (χ4v) is 7.40. The standard InChI is InChI=1S/C43H49ClN2O7/c44-36-20-18-35(19-21-36)43(51)22-24-46(25-23-43)28-37-26-39(32-12-10-30(29-47)11-13-32)53-42(52-37)33-16-14-31(15-17-33)38-7-5-4-6-34(38)27-45-40(48)8-2-1-3-9-41(49)50/h4-7,10-21,37,39,42,47,51H,1-3,8-9,22-29H2,(H,45,48)(H,49,50)/t37-,39+,42+/m0/s1. The number of halogens is 1. The Kier molecular flexibility index (Phi) is 13.3. The number of ether oxygens (including phenoxy) is 2. The molecule has 1 amide bonds. The van der Waals surface area contributed by atoms with Crippen molar-refractivity contribution in [2.75, 3.05) is 19.6 Å². The highest BCUT2D eigenvalue weighted by Gasteiger charge is 2.37. The molecule has 0 aromatic heterocycles. The third-order valence-corrected chi connectivity index (χ3v) is 10.7. The van der Waals surface area contributed by atoms with Gasteiger partial charge in [0.1, 0.15) is 0 Å². The molecule has 53 heavy (non-hydrogen) atoms. The zero-order chi connectivity index (χ0) is 37.2. The molecule has 2 aliphatic rings. The number of hydrogen-bond donors (Lipinski definition) is 4. The minimum atomic E-state index is -0.881. The van der Waals surface area contributed by atoms with Gasteiger partial charge in [-0.1, -0.05) is 103 Å². The summed E-state index contributed by atoms with van der Waals surface area (Å²) in [7, 11) is 0. The fraction of sp³-hybridized carbons (Fsp3) is 0.395. The van der Waals surface area contributed by atoms with Crippen LogP contribution < -0.4 is 5.32 Å². The van der Waals surface area contributed by atoms with E-state index in [1.54, 1.807) is 0 Å². The average Bonchev–Trinajstić information content (AvgIpc) is 3.18. The van der Waals surface area contributed by atoms with Crippen molar-refractivity contribution in [1.82, 2.24) is 10.2 Å². The maximum absolute atomic E-state index is 12.5. The highest BCUT2D eigenvalue weighted by Crippen LogP contribution is 2.40. The molecule has 4 aromatic carbocycles. The van der Waals surface area contributed by atoms with Gasteiger partial charge < -0.3 is 35.0 Å². The van der Waals surface area contributed by atoms with Crippen molar-refractivity contribution >= 4 is 23.5 Å². The second kappa shape index (κ2) is 18.3. The highest BCUT2D eigenvalue weighted by molar-refractivity contribution is 6.30. The van der Waals surface area contributed by atoms with Crippen LogP contribution in [0.15, 0.2) is 97.1 Å². The summed E-state index contributed by atoms with van der Waals surface area (Å²) in [6.07, 6.45) is 3.45. The first-order valence-electron chi connectivity index (χ1n) is 18.6. The quantitative estimate of drug-likeness (QED) is 0.0915. The number of carbonyl (C=O) groups is 2. The monoisotopic (exact) mass is 740 g/mol. The van der Waals surface area contributed by atoms with Gasteiger partial charge in [-0.15, -0.1) is 0 Å². The molecule has 280 valence electrons. The van der Waals surface area contributed by atoms with Crippen LogP contribution in [0.1, 0.15) is 91.6 Å². The summed E-state index contributed by atoms with van der Waals surface area (Å²) in [6, 6.07) is 31.6. The number of benzene rings is 4. The van der Waals surface area contributed by atoms with Crippen LogP contribution in [0, 0.1) is 0 Å². The van der Waals surface area contributed by atoms with Crippen LogP contribution >= 0.6 is 11.6 Å². The summed E-state index contributed by atoms with van der Waals surface area (Å²) in [5, 5.41) is 33.5. The van der Waals surface area contributed by atoms with E-state index in [1.807, 2.05) is 84.9 Å². The van der Waals surface area contributed by atoms with Crippen molar-refractivity contribution in [3.05, 3.63) is 130 Å². The number of carboxylic acid groups (broad SMARTS) is 1. The molecule has 2 heterocycles. The number of aliphatic hydroxyl groups excluding tert-OH is 1. The molecule has 2 fully saturated rings. The first-order chi connectivity index (χ1) is 25.7. The summed E-state index contributed by atoms with van der Waals surface area (Å²) in [4.78, 5) is 25.6. The van der Waals surface area contributed by atoms with Crippen molar-refractivity contribution in [3.8, 4) is 11.1 Å². The van der Waals surface area contributed by atoms with Crippen LogP contribution in [-0.2, 0) is 37.8 Å². The fourth-order valence-electron chi connectivity index (χ4n) is 7.27. The molecule has 0 spiro atoms. The predicted molar refractivity (Wildman–Crippen MR) is 204 cm³/mol. The van der Waals surface area contributed by atoms with Gasteiger partial charge in [-0.05, 0) is 71.2 Å². The Balaban J connectivity index is 1.11. The Morgan fingerprint density at radius 1 is 0.830 bits per heavy atom. The van der Waals surface area contributed by atoms with Crippen molar-refractivity contribution in [2.45, 2.75) is 88.6 Å². The Bertz CT molecular complexity index is 1790. The Labute approximate surface area is 316 Å². The summed E-state index contributed by atoms with van der Waals surface area (Å²) >= 11 is 6.09. The van der Waals surface area contributed by atoms with Crippen LogP contribution in [0.4, 0.5) is 0 Å². The smallest absolute Gasteiger partial charge is 0.303 e. The van der Waals surface area contributed by atoms with Crippen molar-refractivity contribution in [1.29, 1.82) is 0 Å². The molecule has 0 radical (unpaired) electrons. The lowest BCUT2D eigenvalue weighted by atomic mass is 9.84. The number of aliphatic hydroxyl groups is 2. The van der Waals surface area contributed by atoms with Crippen molar-refractivity contribution < 1.29 is 34.4 Å². The number of hydrogen-bond acceptors (Lipinski definition) is 7. The normalized spacial score (nSPS) is 20.2. The van der Waals surface area contributed by atoms with Gasteiger partial charge in [0.25, 0.3) is 0 Å². The van der Waals surface area contributed by atoms with E-state index < -0.39 is 17.9 Å². The molecule has 4 N–H and O–H groups in total. The number of carbonyl (C=O) groups excluding carboxylic acids is 1. The lowest BCUT2D eigenvalue weighted by Gasteiger charge is -2.42. The number of likely N-dealkylation sites (tertiary alicyclic amines) is 1. The second-order valence-corrected chi connectivity index (χ2v) is 14.6. The predicted octanol–water partition coefficient (Wildman–Crippen LogP) is 7.68. The van der Waals surface area contributed by atoms with E-state index in [0.717, 1.165) is 52.0 Å². The number of rotatable bonds is 15. The van der Waals surface area contributed by atoms with Gasteiger partial charge in [0, 0.05) is 56.0 Å². The minimum absolute atomic E-state index is 0.0183. The van der Waals surface area contributed by atoms with E-state index >= 15 is 0 Å². The number of amides is 1. The minimum Gasteiger partial charge on any atom is -0.481 e. The molecular weight excluding hydrogens is 692 g/mol. The first kappa shape index (κ1) is 38.6. The third-order valence-electron chi connectivity index (χ3n) is 10.4. The summed E-state index contributed by atoms with van der Waals surface area (Å²) in [5.41, 5.74) is 5.83. The summed E-state index contributed by atoms with van der Waals surface area (Å²) in [6.45, 7) is 2.56. The molecule has 9 nitrogen and oxygen atoms in total. The van der Waals surface area contributed by atoms with E-state index in [2.05, 4.69) is 22.3 Å². The number of carboxylic acids is 1. The van der Waals surface area contributed by atoms with Crippen molar-refractivity contribution in [3.63, 3.8) is 0 Å². The number of piperidine rings is 1. The highest BCUT2D eigenvalue weighted by atomic mass is 35.5. The lowest BCUT2D eigenvalue weighted by Crippen LogP contribution is -2.46. The maximum Gasteiger partial charge on any atom is 0.303 e. The topological polar surface area (TPSA) is 129 Å². The zero-order valence-corrected chi connectivity index (χ0v) is 30.7. The third kappa shape index (κ3) is 10.5. The molecule has 2 saturated heterocycles. The Hall–Kier alpha value is -4.09. The van der Waals surface area contributed by atoms with Gasteiger partial charge in [0.2, 0.25) is 5.91 Å². The second-order valence-electron chi connectivity index (χ2n) is 14.2.